The number of hydrogen-bond donors (Lipinski definition) is 1. The van der Waals surface area contributed by atoms with Gasteiger partial charge in [0.05, 0.1) is 0 Å². The summed E-state index contributed by atoms with van der Waals surface area (Å²) in [6, 6.07) is 5.54. The van der Waals surface area contributed by atoms with E-state index >= 15 is 0 Å². The molecule has 0 saturated heterocycles. The zero-order valence-corrected chi connectivity index (χ0v) is 10.4. The largest absolute Gasteiger partial charge is 0.454 e. The molecule has 0 unspecified atom stereocenters. The Morgan fingerprint density at radius 2 is 1.72 bits per heavy atom. The van der Waals surface area contributed by atoms with Crippen molar-refractivity contribution < 1.29 is 18.0 Å². The minimum Gasteiger partial charge on any atom is -0.359 e. The second-order valence-electron chi connectivity index (χ2n) is 4.08. The van der Waals surface area contributed by atoms with Gasteiger partial charge in [-0.15, -0.1) is 0 Å². The summed E-state index contributed by atoms with van der Waals surface area (Å²) in [7, 11) is 0. The van der Waals surface area contributed by atoms with Crippen LogP contribution in [-0.2, 0) is 4.79 Å². The van der Waals surface area contributed by atoms with Gasteiger partial charge in [0.25, 0.3) is 5.78 Å². The number of halogens is 3. The summed E-state index contributed by atoms with van der Waals surface area (Å²) >= 11 is 0. The molecule has 0 aromatic heterocycles. The number of ketones is 1. The van der Waals surface area contributed by atoms with Crippen LogP contribution in [0.1, 0.15) is 18.1 Å². The molecular weight excluding hydrogens is 243 g/mol. The van der Waals surface area contributed by atoms with Gasteiger partial charge in [0.2, 0.25) is 0 Å². The second-order valence-corrected chi connectivity index (χ2v) is 4.08. The molecule has 5 heteroatoms. The molecule has 0 aliphatic rings. The van der Waals surface area contributed by atoms with Gasteiger partial charge in [-0.1, -0.05) is 18.2 Å². The summed E-state index contributed by atoms with van der Waals surface area (Å²) < 4.78 is 36.3. The van der Waals surface area contributed by atoms with Crippen molar-refractivity contribution >= 4 is 11.5 Å². The predicted molar refractivity (Wildman–Crippen MR) is 64.4 cm³/mol. The van der Waals surface area contributed by atoms with E-state index in [1.54, 1.807) is 0 Å². The highest BCUT2D eigenvalue weighted by Gasteiger charge is 2.36. The zero-order valence-electron chi connectivity index (χ0n) is 10.4. The summed E-state index contributed by atoms with van der Waals surface area (Å²) in [6.07, 6.45) is -4.27. The number of anilines is 1. The standard InChI is InChI=1S/C13H14F3NO/c1-8-5-4-6-9(2)12(8)17-10(3)7-11(18)13(14,15)16/h4-7,17H,1-3H3. The maximum Gasteiger partial charge on any atom is 0.454 e. The van der Waals surface area contributed by atoms with Crippen LogP contribution in [0.15, 0.2) is 30.0 Å². The molecule has 0 saturated carbocycles. The second kappa shape index (κ2) is 5.25. The Balaban J connectivity index is 2.92. The molecule has 0 bridgehead atoms. The number of carbonyl (C=O) groups excluding carboxylic acids is 1. The molecule has 1 rings (SSSR count). The van der Waals surface area contributed by atoms with Crippen LogP contribution >= 0.6 is 0 Å². The summed E-state index contributed by atoms with van der Waals surface area (Å²) in [6.45, 7) is 5.11. The lowest BCUT2D eigenvalue weighted by molar-refractivity contribution is -0.165. The molecule has 0 heterocycles. The molecule has 98 valence electrons. The number of allylic oxidation sites excluding steroid dienone is 2. The summed E-state index contributed by atoms with van der Waals surface area (Å²) in [5, 5.41) is 2.82. The lowest BCUT2D eigenvalue weighted by Gasteiger charge is -2.13. The number of para-hydroxylation sites is 1. The summed E-state index contributed by atoms with van der Waals surface area (Å²) in [4.78, 5) is 10.8. The van der Waals surface area contributed by atoms with Crippen LogP contribution in [0.4, 0.5) is 18.9 Å². The fraction of sp³-hybridized carbons (Fsp3) is 0.308. The number of aryl methyl sites for hydroxylation is 2. The fourth-order valence-corrected chi connectivity index (χ4v) is 1.52. The third kappa shape index (κ3) is 3.61. The number of carbonyl (C=O) groups is 1. The Labute approximate surface area is 104 Å². The highest BCUT2D eigenvalue weighted by atomic mass is 19.4. The van der Waals surface area contributed by atoms with Gasteiger partial charge in [0.15, 0.2) is 0 Å². The Hall–Kier alpha value is -1.78. The Kier molecular flexibility index (Phi) is 4.16. The molecule has 0 fully saturated rings. The first-order valence-corrected chi connectivity index (χ1v) is 5.34. The van der Waals surface area contributed by atoms with Crippen LogP contribution in [-0.4, -0.2) is 12.0 Å². The van der Waals surface area contributed by atoms with Gasteiger partial charge in [-0.25, -0.2) is 0 Å². The topological polar surface area (TPSA) is 29.1 Å². The Morgan fingerprint density at radius 3 is 2.17 bits per heavy atom. The number of benzene rings is 1. The smallest absolute Gasteiger partial charge is 0.359 e. The number of nitrogens with one attached hydrogen (secondary N) is 1. The number of hydrogen-bond acceptors (Lipinski definition) is 2. The van der Waals surface area contributed by atoms with Gasteiger partial charge in [-0.3, -0.25) is 4.79 Å². The van der Waals surface area contributed by atoms with Crippen LogP contribution in [0.2, 0.25) is 0 Å². The van der Waals surface area contributed by atoms with E-state index in [9.17, 15) is 18.0 Å². The minimum atomic E-state index is -4.83. The quantitative estimate of drug-likeness (QED) is 0.835. The maximum absolute atomic E-state index is 12.1. The van der Waals surface area contributed by atoms with Gasteiger partial charge in [0, 0.05) is 17.5 Å². The van der Waals surface area contributed by atoms with E-state index in [1.807, 2.05) is 32.0 Å². The molecule has 0 spiro atoms. The van der Waals surface area contributed by atoms with E-state index in [4.69, 9.17) is 0 Å². The molecule has 1 aromatic rings. The van der Waals surface area contributed by atoms with E-state index in [0.29, 0.717) is 6.08 Å². The van der Waals surface area contributed by atoms with Crippen molar-refractivity contribution in [2.24, 2.45) is 0 Å². The fourth-order valence-electron chi connectivity index (χ4n) is 1.52. The normalized spacial score (nSPS) is 12.4. The molecule has 0 amide bonds. The van der Waals surface area contributed by atoms with E-state index < -0.39 is 12.0 Å². The van der Waals surface area contributed by atoms with Crippen molar-refractivity contribution in [1.29, 1.82) is 0 Å². The molecule has 0 aliphatic carbocycles. The molecule has 2 nitrogen and oxygen atoms in total. The van der Waals surface area contributed by atoms with E-state index in [1.165, 1.54) is 6.92 Å². The first-order chi connectivity index (χ1) is 8.21. The van der Waals surface area contributed by atoms with Gasteiger partial charge < -0.3 is 5.32 Å². The van der Waals surface area contributed by atoms with Crippen LogP contribution < -0.4 is 5.32 Å². The first kappa shape index (κ1) is 14.3. The van der Waals surface area contributed by atoms with Crippen LogP contribution in [0.25, 0.3) is 0 Å². The van der Waals surface area contributed by atoms with Crippen molar-refractivity contribution in [1.82, 2.24) is 0 Å². The highest BCUT2D eigenvalue weighted by molar-refractivity contribution is 5.95. The van der Waals surface area contributed by atoms with E-state index in [-0.39, 0.29) is 5.70 Å². The average molecular weight is 257 g/mol. The van der Waals surface area contributed by atoms with Gasteiger partial charge >= 0.3 is 6.18 Å². The summed E-state index contributed by atoms with van der Waals surface area (Å²) in [5.74, 6) is -1.86. The van der Waals surface area contributed by atoms with Gasteiger partial charge in [-0.05, 0) is 31.9 Å². The molecule has 0 aliphatic heterocycles. The van der Waals surface area contributed by atoms with Crippen molar-refractivity contribution in [3.8, 4) is 0 Å². The number of alkyl halides is 3. The molecule has 0 radical (unpaired) electrons. The lowest BCUT2D eigenvalue weighted by Crippen LogP contribution is -2.21. The molecule has 1 N–H and O–H groups in total. The zero-order chi connectivity index (χ0) is 13.9. The minimum absolute atomic E-state index is 0.162. The van der Waals surface area contributed by atoms with Crippen LogP contribution in [0.3, 0.4) is 0 Å². The lowest BCUT2D eigenvalue weighted by atomic mass is 10.1. The van der Waals surface area contributed by atoms with Crippen molar-refractivity contribution in [3.63, 3.8) is 0 Å². The Morgan fingerprint density at radius 1 is 1.22 bits per heavy atom. The van der Waals surface area contributed by atoms with E-state index in [0.717, 1.165) is 16.8 Å². The highest BCUT2D eigenvalue weighted by Crippen LogP contribution is 2.22. The molecule has 18 heavy (non-hydrogen) atoms. The van der Waals surface area contributed by atoms with E-state index in [2.05, 4.69) is 5.32 Å². The Bertz CT molecular complexity index is 469. The predicted octanol–water partition coefficient (Wildman–Crippen LogP) is 3.75. The van der Waals surface area contributed by atoms with Gasteiger partial charge in [0.1, 0.15) is 0 Å². The van der Waals surface area contributed by atoms with Crippen molar-refractivity contribution in [2.45, 2.75) is 26.9 Å². The first-order valence-electron chi connectivity index (χ1n) is 5.34. The van der Waals surface area contributed by atoms with Crippen LogP contribution in [0.5, 0.6) is 0 Å². The third-order valence-corrected chi connectivity index (χ3v) is 2.43. The van der Waals surface area contributed by atoms with Gasteiger partial charge in [-0.2, -0.15) is 13.2 Å². The van der Waals surface area contributed by atoms with Crippen molar-refractivity contribution in [3.05, 3.63) is 41.1 Å². The monoisotopic (exact) mass is 257 g/mol. The number of rotatable bonds is 3. The molecular formula is C13H14F3NO. The molecule has 0 atom stereocenters. The molecule has 1 aromatic carbocycles. The van der Waals surface area contributed by atoms with Crippen LogP contribution in [0, 0.1) is 13.8 Å². The maximum atomic E-state index is 12.1. The average Bonchev–Trinajstić information content (AvgIpc) is 2.22. The SMILES string of the molecule is CC(=CC(=O)C(F)(F)F)Nc1c(C)cccc1C. The third-order valence-electron chi connectivity index (χ3n) is 2.43. The summed E-state index contributed by atoms with van der Waals surface area (Å²) in [5.41, 5.74) is 2.69. The van der Waals surface area contributed by atoms with Crippen molar-refractivity contribution in [2.75, 3.05) is 5.32 Å².